The van der Waals surface area contributed by atoms with Crippen LogP contribution in [0, 0.1) is 0 Å². The first-order valence-corrected chi connectivity index (χ1v) is 11.9. The molecule has 168 valence electrons. The Morgan fingerprint density at radius 3 is 2.45 bits per heavy atom. The first-order valence-electron chi connectivity index (χ1n) is 11.9. The number of hydrogen-bond acceptors (Lipinski definition) is 4. The molecule has 6 heteroatoms. The molecule has 1 aromatic carbocycles. The van der Waals surface area contributed by atoms with Gasteiger partial charge in [-0.05, 0) is 37.3 Å². The summed E-state index contributed by atoms with van der Waals surface area (Å²) in [6.07, 6.45) is 10.6. The molecule has 1 aliphatic heterocycles. The van der Waals surface area contributed by atoms with Crippen molar-refractivity contribution < 1.29 is 19.1 Å². The van der Waals surface area contributed by atoms with E-state index in [4.69, 9.17) is 4.74 Å². The highest BCUT2D eigenvalue weighted by molar-refractivity contribution is 6.02. The number of hydrogen-bond donors (Lipinski definition) is 1. The summed E-state index contributed by atoms with van der Waals surface area (Å²) in [5, 5.41) is 2.99. The van der Waals surface area contributed by atoms with Crippen molar-refractivity contribution in [2.45, 2.75) is 88.1 Å². The number of esters is 1. The van der Waals surface area contributed by atoms with Gasteiger partial charge in [0.2, 0.25) is 5.91 Å². The molecule has 2 amide bonds. The summed E-state index contributed by atoms with van der Waals surface area (Å²) >= 11 is 0. The van der Waals surface area contributed by atoms with Gasteiger partial charge in [-0.2, -0.15) is 0 Å². The van der Waals surface area contributed by atoms with Crippen molar-refractivity contribution in [1.82, 2.24) is 10.2 Å². The molecule has 1 spiro atoms. The molecule has 6 nitrogen and oxygen atoms in total. The van der Waals surface area contributed by atoms with Crippen LogP contribution in [-0.2, 0) is 14.3 Å². The standard InChI is InChI=1S/C25H34N2O4/c1-31-21(28)14-17-26-23(29)22-19-12-6-7-13-20(19)24(30)27(18-10-4-2-5-11-18)25(22)15-8-3-9-16-25/h6-7,12-13,18,22H,2-5,8-11,14-17H2,1H3,(H,26,29)/t22-/m0/s1. The van der Waals surface area contributed by atoms with Crippen LogP contribution in [0.1, 0.15) is 92.5 Å². The van der Waals surface area contributed by atoms with E-state index in [9.17, 15) is 14.4 Å². The number of nitrogens with one attached hydrogen (secondary N) is 1. The lowest BCUT2D eigenvalue weighted by atomic mass is 9.64. The van der Waals surface area contributed by atoms with Crippen LogP contribution in [0.25, 0.3) is 0 Å². The summed E-state index contributed by atoms with van der Waals surface area (Å²) in [5.74, 6) is -0.716. The number of fused-ring (bicyclic) bond motifs is 1. The fraction of sp³-hybridized carbons (Fsp3) is 0.640. The molecule has 0 unspecified atom stereocenters. The fourth-order valence-corrected chi connectivity index (χ4v) is 6.14. The van der Waals surface area contributed by atoms with Crippen LogP contribution in [-0.4, -0.2) is 47.9 Å². The topological polar surface area (TPSA) is 75.7 Å². The van der Waals surface area contributed by atoms with E-state index in [1.54, 1.807) is 0 Å². The number of rotatable bonds is 5. The fourth-order valence-electron chi connectivity index (χ4n) is 6.14. The van der Waals surface area contributed by atoms with Gasteiger partial charge in [-0.3, -0.25) is 14.4 Å². The van der Waals surface area contributed by atoms with E-state index >= 15 is 0 Å². The van der Waals surface area contributed by atoms with E-state index in [2.05, 4.69) is 10.2 Å². The van der Waals surface area contributed by atoms with E-state index in [1.165, 1.54) is 13.5 Å². The Morgan fingerprint density at radius 1 is 1.06 bits per heavy atom. The largest absolute Gasteiger partial charge is 0.469 e. The summed E-state index contributed by atoms with van der Waals surface area (Å²) in [5.41, 5.74) is 1.04. The van der Waals surface area contributed by atoms with Crippen LogP contribution in [0.15, 0.2) is 24.3 Å². The molecule has 2 fully saturated rings. The summed E-state index contributed by atoms with van der Waals surface area (Å²) < 4.78 is 4.71. The summed E-state index contributed by atoms with van der Waals surface area (Å²) in [6, 6.07) is 7.84. The number of methoxy groups -OCH3 is 1. The molecule has 2 aliphatic carbocycles. The second-order valence-corrected chi connectivity index (χ2v) is 9.27. The predicted octanol–water partition coefficient (Wildman–Crippen LogP) is 3.94. The molecule has 1 heterocycles. The van der Waals surface area contributed by atoms with Crippen molar-refractivity contribution in [3.63, 3.8) is 0 Å². The van der Waals surface area contributed by atoms with Crippen molar-refractivity contribution >= 4 is 17.8 Å². The minimum absolute atomic E-state index is 0.0773. The van der Waals surface area contributed by atoms with Gasteiger partial charge >= 0.3 is 5.97 Å². The Morgan fingerprint density at radius 2 is 1.74 bits per heavy atom. The molecule has 0 bridgehead atoms. The minimum atomic E-state index is -0.471. The Kier molecular flexibility index (Phi) is 6.63. The van der Waals surface area contributed by atoms with Gasteiger partial charge in [0.1, 0.15) is 0 Å². The van der Waals surface area contributed by atoms with Crippen LogP contribution in [0.3, 0.4) is 0 Å². The average molecular weight is 427 g/mol. The quantitative estimate of drug-likeness (QED) is 0.724. The van der Waals surface area contributed by atoms with E-state index in [1.807, 2.05) is 24.3 Å². The summed E-state index contributed by atoms with van der Waals surface area (Å²) in [6.45, 7) is 0.248. The van der Waals surface area contributed by atoms with Gasteiger partial charge in [-0.1, -0.05) is 56.7 Å². The minimum Gasteiger partial charge on any atom is -0.469 e. The van der Waals surface area contributed by atoms with Crippen LogP contribution in [0.2, 0.25) is 0 Å². The Bertz CT molecular complexity index is 825. The molecule has 1 atom stereocenters. The van der Waals surface area contributed by atoms with Crippen molar-refractivity contribution in [3.8, 4) is 0 Å². The van der Waals surface area contributed by atoms with Gasteiger partial charge in [-0.25, -0.2) is 0 Å². The van der Waals surface area contributed by atoms with Gasteiger partial charge in [-0.15, -0.1) is 0 Å². The van der Waals surface area contributed by atoms with Gasteiger partial charge < -0.3 is 15.0 Å². The van der Waals surface area contributed by atoms with Gasteiger partial charge in [0.05, 0.1) is 25.0 Å². The SMILES string of the molecule is COC(=O)CCNC(=O)[C@@H]1c2ccccc2C(=O)N(C2CCCCC2)C12CCCCC2. The lowest BCUT2D eigenvalue weighted by molar-refractivity contribution is -0.140. The van der Waals surface area contributed by atoms with Crippen LogP contribution < -0.4 is 5.32 Å². The number of carbonyl (C=O) groups excluding carboxylic acids is 3. The predicted molar refractivity (Wildman–Crippen MR) is 118 cm³/mol. The molecule has 1 aromatic rings. The van der Waals surface area contributed by atoms with E-state index < -0.39 is 11.5 Å². The van der Waals surface area contributed by atoms with Crippen molar-refractivity contribution in [2.75, 3.05) is 13.7 Å². The van der Waals surface area contributed by atoms with Crippen LogP contribution in [0.5, 0.6) is 0 Å². The maximum Gasteiger partial charge on any atom is 0.307 e. The van der Waals surface area contributed by atoms with Gasteiger partial charge in [0.15, 0.2) is 0 Å². The lowest BCUT2D eigenvalue weighted by Crippen LogP contribution is -2.65. The zero-order valence-corrected chi connectivity index (χ0v) is 18.5. The van der Waals surface area contributed by atoms with E-state index in [0.717, 1.165) is 63.4 Å². The molecule has 0 aromatic heterocycles. The number of carbonyl (C=O) groups is 3. The molecule has 0 radical (unpaired) electrons. The molecular weight excluding hydrogens is 392 g/mol. The number of ether oxygens (including phenoxy) is 1. The molecular formula is C25H34N2O4. The van der Waals surface area contributed by atoms with Gasteiger partial charge in [0, 0.05) is 18.2 Å². The Hall–Kier alpha value is -2.37. The van der Waals surface area contributed by atoms with Crippen molar-refractivity contribution in [3.05, 3.63) is 35.4 Å². The third kappa shape index (κ3) is 4.09. The second-order valence-electron chi connectivity index (χ2n) is 9.27. The first kappa shape index (κ1) is 21.8. The lowest BCUT2D eigenvalue weighted by Gasteiger charge is -2.57. The number of amides is 2. The molecule has 4 rings (SSSR count). The molecule has 1 N–H and O–H groups in total. The highest BCUT2D eigenvalue weighted by Crippen LogP contribution is 2.51. The van der Waals surface area contributed by atoms with Crippen molar-refractivity contribution in [1.29, 1.82) is 0 Å². The average Bonchev–Trinajstić information content (AvgIpc) is 2.80. The normalized spacial score (nSPS) is 23.3. The number of benzene rings is 1. The Balaban J connectivity index is 1.73. The summed E-state index contributed by atoms with van der Waals surface area (Å²) in [7, 11) is 1.35. The highest BCUT2D eigenvalue weighted by atomic mass is 16.5. The van der Waals surface area contributed by atoms with Crippen molar-refractivity contribution in [2.24, 2.45) is 0 Å². The zero-order chi connectivity index (χ0) is 21.8. The van der Waals surface area contributed by atoms with E-state index in [-0.39, 0.29) is 36.8 Å². The first-order chi connectivity index (χ1) is 15.1. The van der Waals surface area contributed by atoms with E-state index in [0.29, 0.717) is 5.56 Å². The van der Waals surface area contributed by atoms with Crippen LogP contribution >= 0.6 is 0 Å². The smallest absolute Gasteiger partial charge is 0.307 e. The number of nitrogens with zero attached hydrogens (tertiary/aromatic N) is 1. The summed E-state index contributed by atoms with van der Waals surface area (Å²) in [4.78, 5) is 41.2. The maximum absolute atomic E-state index is 13.8. The zero-order valence-electron chi connectivity index (χ0n) is 18.5. The van der Waals surface area contributed by atoms with Gasteiger partial charge in [0.25, 0.3) is 5.91 Å². The third-order valence-corrected chi connectivity index (χ3v) is 7.52. The monoisotopic (exact) mass is 426 g/mol. The molecule has 0 saturated heterocycles. The Labute approximate surface area is 184 Å². The molecule has 31 heavy (non-hydrogen) atoms. The molecule has 2 saturated carbocycles. The maximum atomic E-state index is 13.8. The van der Waals surface area contributed by atoms with Crippen LogP contribution in [0.4, 0.5) is 0 Å². The molecule has 3 aliphatic rings. The third-order valence-electron chi connectivity index (χ3n) is 7.52. The highest BCUT2D eigenvalue weighted by Gasteiger charge is 2.56. The second kappa shape index (κ2) is 9.41.